The fraction of sp³-hybridized carbons (Fsp3) is 0.143. The molecule has 3 amide bonds. The molecule has 5 aromatic rings. The summed E-state index contributed by atoms with van der Waals surface area (Å²) in [5, 5.41) is 8.69. The highest BCUT2D eigenvalue weighted by atomic mass is 32.1. The van der Waals surface area contributed by atoms with Gasteiger partial charge in [0.1, 0.15) is 16.4 Å². The summed E-state index contributed by atoms with van der Waals surface area (Å²) in [5.74, 6) is -0.784. The maximum atomic E-state index is 13.5. The Morgan fingerprint density at radius 3 is 2.60 bits per heavy atom. The Morgan fingerprint density at radius 1 is 1.07 bits per heavy atom. The molecule has 42 heavy (non-hydrogen) atoms. The van der Waals surface area contributed by atoms with Crippen LogP contribution in [0.4, 0.5) is 29.5 Å². The number of para-hydroxylation sites is 1. The van der Waals surface area contributed by atoms with E-state index < -0.39 is 29.2 Å². The largest absolute Gasteiger partial charge is 0.434 e. The number of aromatic nitrogens is 4. The second-order valence-electron chi connectivity index (χ2n) is 8.97. The van der Waals surface area contributed by atoms with E-state index in [2.05, 4.69) is 30.9 Å². The molecule has 0 fully saturated rings. The number of carbonyl (C=O) groups excluding carboxylic acids is 2. The molecule has 14 heteroatoms. The van der Waals surface area contributed by atoms with Gasteiger partial charge < -0.3 is 15.2 Å². The van der Waals surface area contributed by atoms with Crippen molar-refractivity contribution in [2.24, 2.45) is 0 Å². The smallest absolute Gasteiger partial charge is 0.342 e. The number of amides is 3. The minimum atomic E-state index is -4.68. The first-order chi connectivity index (χ1) is 20.1. The van der Waals surface area contributed by atoms with Crippen LogP contribution >= 0.6 is 11.3 Å². The summed E-state index contributed by atoms with van der Waals surface area (Å²) >= 11 is 0.703. The average Bonchev–Trinajstić information content (AvgIpc) is 3.47. The second-order valence-corrected chi connectivity index (χ2v) is 9.83. The number of fused-ring (bicyclic) bond motifs is 1. The summed E-state index contributed by atoms with van der Waals surface area (Å²) in [5.41, 5.74) is -0.316. The van der Waals surface area contributed by atoms with Crippen LogP contribution < -0.4 is 21.4 Å². The first kappa shape index (κ1) is 28.4. The fourth-order valence-corrected chi connectivity index (χ4v) is 5.02. The maximum absolute atomic E-state index is 13.5. The van der Waals surface area contributed by atoms with Crippen LogP contribution in [0.1, 0.15) is 28.5 Å². The zero-order valence-electron chi connectivity index (χ0n) is 21.9. The second kappa shape index (κ2) is 11.8. The van der Waals surface area contributed by atoms with Crippen molar-refractivity contribution in [3.63, 3.8) is 0 Å². The van der Waals surface area contributed by atoms with Gasteiger partial charge in [0, 0.05) is 48.0 Å². The van der Waals surface area contributed by atoms with Crippen LogP contribution in [0.25, 0.3) is 21.5 Å². The normalized spacial score (nSPS) is 11.3. The van der Waals surface area contributed by atoms with E-state index in [1.807, 2.05) is 6.07 Å². The van der Waals surface area contributed by atoms with Crippen LogP contribution in [0.5, 0.6) is 0 Å². The van der Waals surface area contributed by atoms with Gasteiger partial charge in [0.05, 0.1) is 17.4 Å². The third-order valence-corrected chi connectivity index (χ3v) is 6.94. The van der Waals surface area contributed by atoms with Crippen molar-refractivity contribution in [2.75, 3.05) is 17.2 Å². The number of urea groups is 1. The molecule has 0 atom stereocenters. The van der Waals surface area contributed by atoms with Gasteiger partial charge in [0.2, 0.25) is 5.43 Å². The highest BCUT2D eigenvalue weighted by molar-refractivity contribution is 7.13. The van der Waals surface area contributed by atoms with Gasteiger partial charge in [-0.05, 0) is 36.8 Å². The zero-order chi connectivity index (χ0) is 29.9. The lowest BCUT2D eigenvalue weighted by Gasteiger charge is -2.15. The molecule has 214 valence electrons. The summed E-state index contributed by atoms with van der Waals surface area (Å²) in [6.07, 6.45) is 1.23. The molecule has 3 N–H and O–H groups in total. The average molecular weight is 594 g/mol. The molecule has 1 aromatic carbocycles. The standard InChI is InChI=1S/C28H22F3N7O3S/c1-2-33-27(41)37-23-10-18(26-36-22(15-42-26)28(29,30)31)20(12-34-23)35-25(40)19-14-38(13-16-6-5-9-32-11-16)21-8-4-3-7-17(21)24(19)39/h3-12,14-15H,2,13H2,1H3,(H,35,40)(H2,33,34,37,41). The molecule has 0 aliphatic carbocycles. The van der Waals surface area contributed by atoms with Crippen molar-refractivity contribution in [1.82, 2.24) is 24.8 Å². The van der Waals surface area contributed by atoms with E-state index in [1.54, 1.807) is 54.2 Å². The molecule has 0 aliphatic heterocycles. The molecular formula is C28H22F3N7O3S. The highest BCUT2D eigenvalue weighted by Gasteiger charge is 2.34. The number of benzene rings is 1. The lowest BCUT2D eigenvalue weighted by molar-refractivity contribution is -0.140. The van der Waals surface area contributed by atoms with Crippen LogP contribution in [-0.4, -0.2) is 38.0 Å². The summed E-state index contributed by atoms with van der Waals surface area (Å²) in [4.78, 5) is 50.8. The zero-order valence-corrected chi connectivity index (χ0v) is 22.7. The molecular weight excluding hydrogens is 571 g/mol. The number of rotatable bonds is 7. The highest BCUT2D eigenvalue weighted by Crippen LogP contribution is 2.37. The lowest BCUT2D eigenvalue weighted by atomic mass is 10.1. The predicted octanol–water partition coefficient (Wildman–Crippen LogP) is 5.38. The van der Waals surface area contributed by atoms with E-state index in [9.17, 15) is 27.6 Å². The molecule has 10 nitrogen and oxygen atoms in total. The summed E-state index contributed by atoms with van der Waals surface area (Å²) in [6.45, 7) is 2.36. The molecule has 4 heterocycles. The molecule has 0 unspecified atom stereocenters. The number of pyridine rings is 3. The van der Waals surface area contributed by atoms with E-state index in [-0.39, 0.29) is 27.6 Å². The van der Waals surface area contributed by atoms with Gasteiger partial charge in [-0.2, -0.15) is 13.2 Å². The van der Waals surface area contributed by atoms with E-state index in [4.69, 9.17) is 0 Å². The van der Waals surface area contributed by atoms with Gasteiger partial charge in [-0.15, -0.1) is 11.3 Å². The van der Waals surface area contributed by atoms with Gasteiger partial charge in [-0.25, -0.2) is 14.8 Å². The minimum Gasteiger partial charge on any atom is -0.342 e. The molecule has 0 saturated heterocycles. The fourth-order valence-electron chi connectivity index (χ4n) is 4.16. The molecule has 0 saturated carbocycles. The monoisotopic (exact) mass is 593 g/mol. The number of carbonyl (C=O) groups is 2. The molecule has 0 aliphatic rings. The Labute approximate surface area is 240 Å². The van der Waals surface area contributed by atoms with E-state index in [0.29, 0.717) is 35.3 Å². The Bertz CT molecular complexity index is 1840. The maximum Gasteiger partial charge on any atom is 0.434 e. The Morgan fingerprint density at radius 2 is 1.88 bits per heavy atom. The van der Waals surface area contributed by atoms with E-state index in [1.165, 1.54) is 18.5 Å². The van der Waals surface area contributed by atoms with Gasteiger partial charge >= 0.3 is 12.2 Å². The number of alkyl halides is 3. The van der Waals surface area contributed by atoms with Crippen molar-refractivity contribution in [2.45, 2.75) is 19.6 Å². The van der Waals surface area contributed by atoms with E-state index >= 15 is 0 Å². The number of anilines is 2. The minimum absolute atomic E-state index is 0.00380. The van der Waals surface area contributed by atoms with Crippen molar-refractivity contribution in [1.29, 1.82) is 0 Å². The quantitative estimate of drug-likeness (QED) is 0.232. The van der Waals surface area contributed by atoms with Crippen molar-refractivity contribution in [3.8, 4) is 10.6 Å². The first-order valence-electron chi connectivity index (χ1n) is 12.5. The number of halogens is 3. The van der Waals surface area contributed by atoms with Crippen molar-refractivity contribution >= 4 is 45.7 Å². The van der Waals surface area contributed by atoms with Gasteiger partial charge in [-0.3, -0.25) is 19.9 Å². The Hall–Kier alpha value is -5.11. The number of nitrogens with one attached hydrogen (secondary N) is 3. The lowest BCUT2D eigenvalue weighted by Crippen LogP contribution is -2.28. The molecule has 0 bridgehead atoms. The number of thiazole rings is 1. The van der Waals surface area contributed by atoms with Gasteiger partial charge in [0.25, 0.3) is 5.91 Å². The molecule has 0 spiro atoms. The van der Waals surface area contributed by atoms with E-state index in [0.717, 1.165) is 10.9 Å². The summed E-state index contributed by atoms with van der Waals surface area (Å²) in [6, 6.07) is 11.2. The number of hydrogen-bond donors (Lipinski definition) is 3. The number of hydrogen-bond acceptors (Lipinski definition) is 7. The third-order valence-electron chi connectivity index (χ3n) is 6.06. The van der Waals surface area contributed by atoms with Crippen molar-refractivity contribution < 1.29 is 22.8 Å². The van der Waals surface area contributed by atoms with Crippen LogP contribution in [0.2, 0.25) is 0 Å². The SMILES string of the molecule is CCNC(=O)Nc1cc(-c2nc(C(F)(F)F)cs2)c(NC(=O)c2cn(Cc3cccnc3)c3ccccc3c2=O)cn1. The predicted molar refractivity (Wildman–Crippen MR) is 153 cm³/mol. The molecule has 4 aromatic heterocycles. The summed E-state index contributed by atoms with van der Waals surface area (Å²) in [7, 11) is 0. The summed E-state index contributed by atoms with van der Waals surface area (Å²) < 4.78 is 41.7. The van der Waals surface area contributed by atoms with Crippen LogP contribution in [-0.2, 0) is 12.7 Å². The number of nitrogens with zero attached hydrogens (tertiary/aromatic N) is 4. The van der Waals surface area contributed by atoms with Crippen LogP contribution in [0.3, 0.4) is 0 Å². The van der Waals surface area contributed by atoms with Crippen LogP contribution in [0.15, 0.2) is 77.4 Å². The Kier molecular flexibility index (Phi) is 7.97. The van der Waals surface area contributed by atoms with Crippen molar-refractivity contribution in [3.05, 3.63) is 99.7 Å². The Balaban J connectivity index is 1.55. The third kappa shape index (κ3) is 6.12. The van der Waals surface area contributed by atoms with Gasteiger partial charge in [-0.1, -0.05) is 18.2 Å². The molecule has 0 radical (unpaired) electrons. The van der Waals surface area contributed by atoms with Crippen LogP contribution in [0, 0.1) is 0 Å². The first-order valence-corrected chi connectivity index (χ1v) is 13.4. The van der Waals surface area contributed by atoms with Gasteiger partial charge in [0.15, 0.2) is 5.69 Å². The molecule has 5 rings (SSSR count). The topological polar surface area (TPSA) is 131 Å².